The largest absolute Gasteiger partial charge is 0.466 e. The van der Waals surface area contributed by atoms with Gasteiger partial charge in [-0.15, -0.1) is 0 Å². The zero-order valence-corrected chi connectivity index (χ0v) is 21.4. The molecular formula is C25H24ClN3O8. The molecule has 37 heavy (non-hydrogen) atoms. The first-order valence-electron chi connectivity index (χ1n) is 10.4. The molecule has 0 spiro atoms. The molecule has 0 saturated carbocycles. The smallest absolute Gasteiger partial charge is 0.338 e. The molecule has 0 radical (unpaired) electrons. The number of esters is 4. The van der Waals surface area contributed by atoms with Gasteiger partial charge in [-0.25, -0.2) is 19.2 Å². The van der Waals surface area contributed by atoms with E-state index in [1.165, 1.54) is 11.8 Å². The van der Waals surface area contributed by atoms with E-state index in [4.69, 9.17) is 31.5 Å². The molecule has 1 aliphatic heterocycles. The second-order valence-electron chi connectivity index (χ2n) is 7.50. The van der Waals surface area contributed by atoms with Gasteiger partial charge in [0, 0.05) is 28.4 Å². The van der Waals surface area contributed by atoms with E-state index in [9.17, 15) is 24.4 Å². The Bertz CT molecular complexity index is 1290. The number of anilines is 1. The summed E-state index contributed by atoms with van der Waals surface area (Å²) >= 11 is 6.04. The van der Waals surface area contributed by atoms with Gasteiger partial charge in [0.25, 0.3) is 0 Å². The number of nitrogens with zero attached hydrogens (tertiary/aromatic N) is 2. The number of benzene rings is 1. The van der Waals surface area contributed by atoms with E-state index in [1.807, 2.05) is 6.07 Å². The third kappa shape index (κ3) is 5.65. The van der Waals surface area contributed by atoms with E-state index in [2.05, 4.69) is 4.74 Å². The maximum atomic E-state index is 13.0. The Morgan fingerprint density at radius 2 is 1.49 bits per heavy atom. The number of methoxy groups -OCH3 is 4. The molecule has 1 atom stereocenters. The van der Waals surface area contributed by atoms with Crippen LogP contribution >= 0.6 is 11.6 Å². The molecule has 1 aromatic carbocycles. The zero-order valence-electron chi connectivity index (χ0n) is 20.7. The first-order chi connectivity index (χ1) is 17.5. The van der Waals surface area contributed by atoms with Gasteiger partial charge in [0.2, 0.25) is 0 Å². The number of hydrogen-bond acceptors (Lipinski definition) is 11. The molecule has 2 rings (SSSR count). The summed E-state index contributed by atoms with van der Waals surface area (Å²) in [6.45, 7) is 1.48. The van der Waals surface area contributed by atoms with E-state index in [1.54, 1.807) is 24.3 Å². The third-order valence-corrected chi connectivity index (χ3v) is 5.78. The van der Waals surface area contributed by atoms with Crippen molar-refractivity contribution < 1.29 is 38.1 Å². The topological polar surface area (TPSA) is 158 Å². The van der Waals surface area contributed by atoms with Crippen molar-refractivity contribution in [3.63, 3.8) is 0 Å². The Balaban J connectivity index is 3.07. The predicted octanol–water partition coefficient (Wildman–Crippen LogP) is 2.08. The van der Waals surface area contributed by atoms with Crippen LogP contribution in [0.2, 0.25) is 5.02 Å². The van der Waals surface area contributed by atoms with Crippen LogP contribution in [0.4, 0.5) is 5.69 Å². The predicted molar refractivity (Wildman–Crippen MR) is 131 cm³/mol. The highest BCUT2D eigenvalue weighted by molar-refractivity contribution is 6.30. The normalized spacial score (nSPS) is 18.8. The molecule has 0 fully saturated rings. The average Bonchev–Trinajstić information content (AvgIpc) is 3.11. The summed E-state index contributed by atoms with van der Waals surface area (Å²) in [6, 6.07) is 8.22. The summed E-state index contributed by atoms with van der Waals surface area (Å²) in [4.78, 5) is 51.3. The number of carbonyl (C=O) groups is 4. The molecule has 0 aromatic heterocycles. The van der Waals surface area contributed by atoms with Crippen molar-refractivity contribution in [1.82, 2.24) is 0 Å². The molecule has 0 unspecified atom stereocenters. The Kier molecular flexibility index (Phi) is 9.24. The van der Waals surface area contributed by atoms with Crippen molar-refractivity contribution in [2.75, 3.05) is 33.3 Å². The Morgan fingerprint density at radius 1 is 0.946 bits per heavy atom. The van der Waals surface area contributed by atoms with Crippen LogP contribution in [-0.4, -0.2) is 57.9 Å². The Hall–Kier alpha value is -4.56. The van der Waals surface area contributed by atoms with Crippen molar-refractivity contribution >= 4 is 41.2 Å². The van der Waals surface area contributed by atoms with Crippen LogP contribution < -0.4 is 10.6 Å². The second kappa shape index (κ2) is 11.9. The number of nitriles is 1. The minimum atomic E-state index is -1.74. The van der Waals surface area contributed by atoms with Gasteiger partial charge in [-0.2, -0.15) is 5.26 Å². The molecule has 0 aliphatic carbocycles. The number of halogens is 1. The maximum Gasteiger partial charge on any atom is 0.338 e. The Morgan fingerprint density at radius 3 is 1.97 bits per heavy atom. The number of ether oxygens (including phenoxy) is 4. The molecule has 0 saturated heterocycles. The van der Waals surface area contributed by atoms with Crippen LogP contribution in [0.1, 0.15) is 6.92 Å². The van der Waals surface area contributed by atoms with Crippen molar-refractivity contribution in [2.45, 2.75) is 12.5 Å². The van der Waals surface area contributed by atoms with Gasteiger partial charge in [-0.1, -0.05) is 11.6 Å². The lowest BCUT2D eigenvalue weighted by atomic mass is 9.80. The van der Waals surface area contributed by atoms with Gasteiger partial charge in [-0.05, 0) is 37.3 Å². The van der Waals surface area contributed by atoms with Crippen molar-refractivity contribution in [3.05, 3.63) is 75.6 Å². The van der Waals surface area contributed by atoms with E-state index in [-0.39, 0.29) is 28.1 Å². The van der Waals surface area contributed by atoms with Gasteiger partial charge in [0.1, 0.15) is 17.4 Å². The van der Waals surface area contributed by atoms with E-state index >= 15 is 0 Å². The fourth-order valence-electron chi connectivity index (χ4n) is 3.74. The molecule has 11 nitrogen and oxygen atoms in total. The fraction of sp³-hybridized carbons (Fsp3) is 0.240. The number of nitrogens with two attached hydrogens (primary N) is 1. The minimum Gasteiger partial charge on any atom is -0.466 e. The average molecular weight is 530 g/mol. The van der Waals surface area contributed by atoms with Crippen LogP contribution in [0, 0.1) is 11.3 Å². The summed E-state index contributed by atoms with van der Waals surface area (Å²) in [7, 11) is 4.41. The van der Waals surface area contributed by atoms with E-state index in [0.29, 0.717) is 10.7 Å². The first kappa shape index (κ1) is 28.7. The Labute approximate surface area is 217 Å². The van der Waals surface area contributed by atoms with Gasteiger partial charge in [-0.3, -0.25) is 0 Å². The van der Waals surface area contributed by atoms with Gasteiger partial charge >= 0.3 is 23.9 Å². The maximum absolute atomic E-state index is 13.0. The van der Waals surface area contributed by atoms with Gasteiger partial charge < -0.3 is 29.6 Å². The van der Waals surface area contributed by atoms with Crippen LogP contribution in [0.5, 0.6) is 0 Å². The fourth-order valence-corrected chi connectivity index (χ4v) is 3.87. The highest BCUT2D eigenvalue weighted by atomic mass is 35.5. The van der Waals surface area contributed by atoms with Crippen molar-refractivity contribution in [3.8, 4) is 6.07 Å². The van der Waals surface area contributed by atoms with Crippen LogP contribution in [0.3, 0.4) is 0 Å². The highest BCUT2D eigenvalue weighted by Gasteiger charge is 2.52. The van der Waals surface area contributed by atoms with E-state index < -0.39 is 29.4 Å². The SMILES string of the molecule is COC(=O)/C=C(/C=C1/C(C#N)=C(N)N(c2ccc(Cl)cc2)[C@@]1(C)/C(=C\C(=O)OC)C(=O)OC)C(=O)OC. The summed E-state index contributed by atoms with van der Waals surface area (Å²) in [5.74, 6) is -3.82. The second-order valence-corrected chi connectivity index (χ2v) is 7.94. The minimum absolute atomic E-state index is 0.0245. The van der Waals surface area contributed by atoms with Crippen LogP contribution in [-0.2, 0) is 38.1 Å². The van der Waals surface area contributed by atoms with Gasteiger partial charge in [0.05, 0.1) is 45.2 Å². The quantitative estimate of drug-likeness (QED) is 0.313. The summed E-state index contributed by atoms with van der Waals surface area (Å²) in [6.07, 6.45) is 2.88. The highest BCUT2D eigenvalue weighted by Crippen LogP contribution is 2.48. The molecule has 0 bridgehead atoms. The monoisotopic (exact) mass is 529 g/mol. The summed E-state index contributed by atoms with van der Waals surface area (Å²) in [5, 5.41) is 10.5. The molecule has 1 aliphatic rings. The molecule has 0 amide bonds. The summed E-state index contributed by atoms with van der Waals surface area (Å²) < 4.78 is 19.0. The van der Waals surface area contributed by atoms with Gasteiger partial charge in [0.15, 0.2) is 0 Å². The molecule has 1 heterocycles. The number of carbonyl (C=O) groups excluding carboxylic acids is 4. The zero-order chi connectivity index (χ0) is 27.9. The molecular weight excluding hydrogens is 506 g/mol. The molecule has 12 heteroatoms. The third-order valence-electron chi connectivity index (χ3n) is 5.52. The van der Waals surface area contributed by atoms with E-state index in [0.717, 1.165) is 46.7 Å². The number of rotatable bonds is 7. The van der Waals surface area contributed by atoms with Crippen LogP contribution in [0.15, 0.2) is 70.6 Å². The van der Waals surface area contributed by atoms with Crippen molar-refractivity contribution in [2.24, 2.45) is 5.73 Å². The lowest BCUT2D eigenvalue weighted by Crippen LogP contribution is -2.49. The first-order valence-corrected chi connectivity index (χ1v) is 10.8. The lowest BCUT2D eigenvalue weighted by molar-refractivity contribution is -0.139. The summed E-state index contributed by atoms with van der Waals surface area (Å²) in [5.41, 5.74) is 4.24. The molecule has 2 N–H and O–H groups in total. The molecule has 194 valence electrons. The number of hydrogen-bond donors (Lipinski definition) is 1. The van der Waals surface area contributed by atoms with Crippen molar-refractivity contribution in [1.29, 1.82) is 5.26 Å². The molecule has 1 aromatic rings. The standard InChI is InChI=1S/C25H24ClN3O8/c1-25(19(24(33)37-5)12-21(31)35-3)18(10-14(23(32)36-4)11-20(30)34-2)17(13-27)22(28)29(25)16-8-6-15(26)7-9-16/h6-12H,28H2,1-5H3/b14-11-,18-10-,19-12-/t25-/m1/s1. The lowest BCUT2D eigenvalue weighted by Gasteiger charge is -2.39. The van der Waals surface area contributed by atoms with Crippen LogP contribution in [0.25, 0.3) is 0 Å².